The van der Waals surface area contributed by atoms with Crippen LogP contribution >= 0.6 is 0 Å². The van der Waals surface area contributed by atoms with E-state index >= 15 is 0 Å². The van der Waals surface area contributed by atoms with Crippen LogP contribution in [-0.4, -0.2) is 22.8 Å². The maximum absolute atomic E-state index is 7.06. The number of hydrogen-bond donors (Lipinski definition) is 1. The molecule has 0 bridgehead atoms. The molecule has 0 aliphatic rings. The zero-order valence-corrected chi connectivity index (χ0v) is 7.66. The highest BCUT2D eigenvalue weighted by atomic mass is 16.5. The minimum atomic E-state index is 0.450. The van der Waals surface area contributed by atoms with Gasteiger partial charge in [-0.3, -0.25) is 0 Å². The van der Waals surface area contributed by atoms with Gasteiger partial charge in [0.2, 0.25) is 5.88 Å². The van der Waals surface area contributed by atoms with Gasteiger partial charge in [-0.15, -0.1) is 0 Å². The summed E-state index contributed by atoms with van der Waals surface area (Å²) in [7, 11) is 0. The van der Waals surface area contributed by atoms with E-state index < -0.39 is 0 Å². The third-order valence-electron chi connectivity index (χ3n) is 1.56. The fourth-order valence-corrected chi connectivity index (χ4v) is 0.859. The molecule has 1 heterocycles. The molecule has 70 valence electrons. The van der Waals surface area contributed by atoms with Crippen molar-refractivity contribution in [3.05, 3.63) is 18.1 Å². The van der Waals surface area contributed by atoms with Crippen molar-refractivity contribution in [3.63, 3.8) is 0 Å². The van der Waals surface area contributed by atoms with Crippen molar-refractivity contribution in [1.29, 1.82) is 5.41 Å². The van der Waals surface area contributed by atoms with Crippen LogP contribution in [0.2, 0.25) is 0 Å². The summed E-state index contributed by atoms with van der Waals surface area (Å²) in [6.45, 7) is 2.73. The molecular formula is C9H13N3O. The van der Waals surface area contributed by atoms with Gasteiger partial charge >= 0.3 is 0 Å². The topological polar surface area (TPSA) is 58.9 Å². The first-order valence-electron chi connectivity index (χ1n) is 4.32. The van der Waals surface area contributed by atoms with Crippen LogP contribution in [0.1, 0.15) is 25.5 Å². The maximum atomic E-state index is 7.06. The van der Waals surface area contributed by atoms with E-state index in [1.54, 1.807) is 12.4 Å². The van der Waals surface area contributed by atoms with Crippen LogP contribution in [0.25, 0.3) is 0 Å². The zero-order chi connectivity index (χ0) is 9.52. The Morgan fingerprint density at radius 1 is 1.46 bits per heavy atom. The van der Waals surface area contributed by atoms with E-state index in [4.69, 9.17) is 10.1 Å². The fourth-order valence-electron chi connectivity index (χ4n) is 0.859. The molecule has 1 rings (SSSR count). The van der Waals surface area contributed by atoms with Crippen molar-refractivity contribution in [3.8, 4) is 5.88 Å². The lowest BCUT2D eigenvalue weighted by Gasteiger charge is -2.04. The minimum Gasteiger partial charge on any atom is -0.476 e. The van der Waals surface area contributed by atoms with Gasteiger partial charge in [-0.2, -0.15) is 0 Å². The Morgan fingerprint density at radius 3 is 2.92 bits per heavy atom. The molecular weight excluding hydrogens is 166 g/mol. The Hall–Kier alpha value is -1.45. The Bertz CT molecular complexity index is 275. The van der Waals surface area contributed by atoms with E-state index in [2.05, 4.69) is 16.9 Å². The van der Waals surface area contributed by atoms with E-state index in [0.29, 0.717) is 18.2 Å². The Labute approximate surface area is 77.5 Å². The SMILES string of the molecule is CCCCOc1nccnc1C=N. The molecule has 0 unspecified atom stereocenters. The van der Waals surface area contributed by atoms with Crippen molar-refractivity contribution < 1.29 is 4.74 Å². The van der Waals surface area contributed by atoms with Gasteiger partial charge in [0.1, 0.15) is 5.69 Å². The molecule has 0 amide bonds. The smallest absolute Gasteiger partial charge is 0.241 e. The number of rotatable bonds is 5. The van der Waals surface area contributed by atoms with E-state index in [1.807, 2.05) is 0 Å². The molecule has 0 aliphatic heterocycles. The summed E-state index contributed by atoms with van der Waals surface area (Å²) >= 11 is 0. The monoisotopic (exact) mass is 179 g/mol. The lowest BCUT2D eigenvalue weighted by Crippen LogP contribution is -2.02. The van der Waals surface area contributed by atoms with Gasteiger partial charge in [-0.05, 0) is 6.42 Å². The number of unbranched alkanes of at least 4 members (excludes halogenated alkanes) is 1. The first kappa shape index (κ1) is 9.64. The van der Waals surface area contributed by atoms with Gasteiger partial charge in [-0.25, -0.2) is 9.97 Å². The third-order valence-corrected chi connectivity index (χ3v) is 1.56. The molecule has 0 saturated carbocycles. The van der Waals surface area contributed by atoms with Gasteiger partial charge in [-0.1, -0.05) is 13.3 Å². The zero-order valence-electron chi connectivity index (χ0n) is 7.66. The van der Waals surface area contributed by atoms with Crippen LogP contribution in [0.15, 0.2) is 12.4 Å². The molecule has 0 aromatic carbocycles. The molecule has 1 N–H and O–H groups in total. The summed E-state index contributed by atoms with van der Waals surface area (Å²) in [5.41, 5.74) is 0.485. The van der Waals surface area contributed by atoms with Crippen LogP contribution < -0.4 is 4.74 Å². The molecule has 1 aromatic rings. The minimum absolute atomic E-state index is 0.450. The summed E-state index contributed by atoms with van der Waals surface area (Å²) in [4.78, 5) is 7.93. The standard InChI is InChI=1S/C9H13N3O/c1-2-3-6-13-9-8(7-10)11-4-5-12-9/h4-5,7,10H,2-3,6H2,1H3. The predicted molar refractivity (Wildman–Crippen MR) is 50.3 cm³/mol. The summed E-state index contributed by atoms with van der Waals surface area (Å²) in [6, 6.07) is 0. The maximum Gasteiger partial charge on any atom is 0.241 e. The summed E-state index contributed by atoms with van der Waals surface area (Å²) in [5.74, 6) is 0.450. The lowest BCUT2D eigenvalue weighted by atomic mass is 10.4. The molecule has 1 aromatic heterocycles. The number of hydrogen-bond acceptors (Lipinski definition) is 4. The normalized spacial score (nSPS) is 9.62. The van der Waals surface area contributed by atoms with Gasteiger partial charge in [0.05, 0.1) is 6.61 Å². The van der Waals surface area contributed by atoms with Crippen LogP contribution in [-0.2, 0) is 0 Å². The molecule has 0 atom stereocenters. The van der Waals surface area contributed by atoms with Gasteiger partial charge < -0.3 is 10.1 Å². The van der Waals surface area contributed by atoms with Crippen LogP contribution in [0.4, 0.5) is 0 Å². The molecule has 0 fully saturated rings. The second kappa shape index (κ2) is 5.24. The van der Waals surface area contributed by atoms with Crippen molar-refractivity contribution >= 4 is 6.21 Å². The largest absolute Gasteiger partial charge is 0.476 e. The third kappa shape index (κ3) is 2.82. The van der Waals surface area contributed by atoms with Crippen molar-refractivity contribution in [1.82, 2.24) is 9.97 Å². The quantitative estimate of drug-likeness (QED) is 0.552. The molecule has 13 heavy (non-hydrogen) atoms. The van der Waals surface area contributed by atoms with Crippen LogP contribution in [0.3, 0.4) is 0 Å². The first-order valence-corrected chi connectivity index (χ1v) is 4.32. The van der Waals surface area contributed by atoms with E-state index in [9.17, 15) is 0 Å². The lowest BCUT2D eigenvalue weighted by molar-refractivity contribution is 0.296. The number of nitrogens with one attached hydrogen (secondary N) is 1. The van der Waals surface area contributed by atoms with Crippen molar-refractivity contribution in [2.24, 2.45) is 0 Å². The number of ether oxygens (including phenoxy) is 1. The summed E-state index contributed by atoms with van der Waals surface area (Å²) in [5, 5.41) is 7.06. The number of nitrogens with zero attached hydrogens (tertiary/aromatic N) is 2. The molecule has 4 heteroatoms. The average molecular weight is 179 g/mol. The molecule has 0 saturated heterocycles. The average Bonchev–Trinajstić information content (AvgIpc) is 2.19. The summed E-state index contributed by atoms with van der Waals surface area (Å²) < 4.78 is 5.34. The van der Waals surface area contributed by atoms with E-state index in [-0.39, 0.29) is 0 Å². The molecule has 0 aliphatic carbocycles. The second-order valence-electron chi connectivity index (χ2n) is 2.59. The second-order valence-corrected chi connectivity index (χ2v) is 2.59. The Morgan fingerprint density at radius 2 is 2.23 bits per heavy atom. The highest BCUT2D eigenvalue weighted by Crippen LogP contribution is 2.08. The number of aromatic nitrogens is 2. The highest BCUT2D eigenvalue weighted by Gasteiger charge is 2.01. The van der Waals surface area contributed by atoms with Gasteiger partial charge in [0.25, 0.3) is 0 Å². The molecule has 0 radical (unpaired) electrons. The first-order chi connectivity index (χ1) is 6.38. The Kier molecular flexibility index (Phi) is 3.88. The van der Waals surface area contributed by atoms with E-state index in [1.165, 1.54) is 0 Å². The van der Waals surface area contributed by atoms with Gasteiger partial charge in [0.15, 0.2) is 0 Å². The molecule has 4 nitrogen and oxygen atoms in total. The molecule has 0 spiro atoms. The fraction of sp³-hybridized carbons (Fsp3) is 0.444. The van der Waals surface area contributed by atoms with E-state index in [0.717, 1.165) is 19.1 Å². The van der Waals surface area contributed by atoms with Crippen molar-refractivity contribution in [2.45, 2.75) is 19.8 Å². The van der Waals surface area contributed by atoms with Crippen LogP contribution in [0.5, 0.6) is 5.88 Å². The van der Waals surface area contributed by atoms with Crippen LogP contribution in [0, 0.1) is 5.41 Å². The predicted octanol–water partition coefficient (Wildman–Crippen LogP) is 1.65. The van der Waals surface area contributed by atoms with Crippen molar-refractivity contribution in [2.75, 3.05) is 6.61 Å². The summed E-state index contributed by atoms with van der Waals surface area (Å²) in [6.07, 6.45) is 6.34. The van der Waals surface area contributed by atoms with Gasteiger partial charge in [0, 0.05) is 18.6 Å². The highest BCUT2D eigenvalue weighted by molar-refractivity contribution is 5.76. The Balaban J connectivity index is 2.59.